The highest BCUT2D eigenvalue weighted by molar-refractivity contribution is 4.67. The van der Waals surface area contributed by atoms with Crippen molar-refractivity contribution in [1.82, 2.24) is 5.32 Å². The molecule has 1 rings (SSSR count). The summed E-state index contributed by atoms with van der Waals surface area (Å²) in [6.07, 6.45) is 6.49. The lowest BCUT2D eigenvalue weighted by Crippen LogP contribution is -2.27. The topological polar surface area (TPSA) is 21.3 Å². The van der Waals surface area contributed by atoms with Crippen molar-refractivity contribution in [2.45, 2.75) is 52.0 Å². The van der Waals surface area contributed by atoms with Gasteiger partial charge in [-0.1, -0.05) is 6.92 Å². The second-order valence-corrected chi connectivity index (χ2v) is 4.49. The molecule has 1 aliphatic heterocycles. The van der Waals surface area contributed by atoms with Gasteiger partial charge in [-0.05, 0) is 51.5 Å². The Morgan fingerprint density at radius 1 is 1.36 bits per heavy atom. The largest absolute Gasteiger partial charge is 0.381 e. The number of hydrogen-bond acceptors (Lipinski definition) is 2. The van der Waals surface area contributed by atoms with Crippen LogP contribution in [0.5, 0.6) is 0 Å². The number of ether oxygens (including phenoxy) is 1. The van der Waals surface area contributed by atoms with E-state index in [1.54, 1.807) is 0 Å². The molecule has 1 saturated heterocycles. The van der Waals surface area contributed by atoms with Gasteiger partial charge in [0.1, 0.15) is 0 Å². The quantitative estimate of drug-likeness (QED) is 0.710. The van der Waals surface area contributed by atoms with E-state index in [0.717, 1.165) is 25.7 Å². The fraction of sp³-hybridized carbons (Fsp3) is 1.00. The van der Waals surface area contributed by atoms with Gasteiger partial charge in [0, 0.05) is 19.3 Å². The van der Waals surface area contributed by atoms with Crippen LogP contribution >= 0.6 is 0 Å². The first kappa shape index (κ1) is 12.0. The lowest BCUT2D eigenvalue weighted by molar-refractivity contribution is 0.0625. The van der Waals surface area contributed by atoms with E-state index in [1.165, 1.54) is 32.1 Å². The predicted octanol–water partition coefficient (Wildman–Crippen LogP) is 2.58. The van der Waals surface area contributed by atoms with E-state index >= 15 is 0 Å². The molecule has 0 aromatic rings. The summed E-state index contributed by atoms with van der Waals surface area (Å²) in [4.78, 5) is 0. The molecule has 0 bridgehead atoms. The molecule has 0 radical (unpaired) electrons. The molecule has 0 aromatic heterocycles. The van der Waals surface area contributed by atoms with E-state index in [1.807, 2.05) is 0 Å². The second kappa shape index (κ2) is 7.24. The molecule has 0 spiro atoms. The van der Waals surface area contributed by atoms with E-state index in [4.69, 9.17) is 4.74 Å². The van der Waals surface area contributed by atoms with E-state index in [0.29, 0.717) is 6.04 Å². The molecule has 84 valence electrons. The smallest absolute Gasteiger partial charge is 0.0468 e. The first-order chi connectivity index (χ1) is 6.83. The van der Waals surface area contributed by atoms with Gasteiger partial charge in [-0.25, -0.2) is 0 Å². The van der Waals surface area contributed by atoms with Gasteiger partial charge < -0.3 is 10.1 Å². The lowest BCUT2D eigenvalue weighted by Gasteiger charge is -2.23. The second-order valence-electron chi connectivity index (χ2n) is 4.49. The molecule has 1 fully saturated rings. The molecule has 0 aliphatic carbocycles. The first-order valence-electron chi connectivity index (χ1n) is 6.14. The Bertz CT molecular complexity index is 132. The summed E-state index contributed by atoms with van der Waals surface area (Å²) in [5.74, 6) is 0.926. The maximum absolute atomic E-state index is 5.36. The van der Waals surface area contributed by atoms with Crippen LogP contribution < -0.4 is 5.32 Å². The fourth-order valence-corrected chi connectivity index (χ4v) is 2.01. The van der Waals surface area contributed by atoms with Crippen LogP contribution in [0.25, 0.3) is 0 Å². The van der Waals surface area contributed by atoms with Crippen molar-refractivity contribution in [3.63, 3.8) is 0 Å². The maximum atomic E-state index is 5.36. The minimum atomic E-state index is 0.692. The minimum Gasteiger partial charge on any atom is -0.381 e. The molecular weight excluding hydrogens is 174 g/mol. The molecule has 1 N–H and O–H groups in total. The maximum Gasteiger partial charge on any atom is 0.0468 e. The number of nitrogens with one attached hydrogen (secondary N) is 1. The molecule has 2 heteroatoms. The molecule has 0 aromatic carbocycles. The zero-order valence-corrected chi connectivity index (χ0v) is 9.72. The molecule has 1 aliphatic rings. The molecular formula is C12H25NO. The molecule has 2 nitrogen and oxygen atoms in total. The zero-order chi connectivity index (χ0) is 10.2. The van der Waals surface area contributed by atoms with Crippen molar-refractivity contribution in [2.75, 3.05) is 19.8 Å². The zero-order valence-electron chi connectivity index (χ0n) is 9.72. The average Bonchev–Trinajstić information content (AvgIpc) is 2.25. The number of hydrogen-bond donors (Lipinski definition) is 1. The first-order valence-corrected chi connectivity index (χ1v) is 6.14. The summed E-state index contributed by atoms with van der Waals surface area (Å²) in [6.45, 7) is 7.66. The van der Waals surface area contributed by atoms with Gasteiger partial charge in [-0.15, -0.1) is 0 Å². The van der Waals surface area contributed by atoms with Crippen LogP contribution in [0.3, 0.4) is 0 Å². The van der Waals surface area contributed by atoms with E-state index in [9.17, 15) is 0 Å². The average molecular weight is 199 g/mol. The Morgan fingerprint density at radius 2 is 2.07 bits per heavy atom. The van der Waals surface area contributed by atoms with Crippen LogP contribution in [0.1, 0.15) is 46.0 Å². The summed E-state index contributed by atoms with van der Waals surface area (Å²) < 4.78 is 5.36. The van der Waals surface area contributed by atoms with E-state index in [2.05, 4.69) is 19.2 Å². The van der Waals surface area contributed by atoms with Gasteiger partial charge >= 0.3 is 0 Å². The summed E-state index contributed by atoms with van der Waals surface area (Å²) >= 11 is 0. The molecule has 1 unspecified atom stereocenters. The Kier molecular flexibility index (Phi) is 6.20. The van der Waals surface area contributed by atoms with Gasteiger partial charge in [0.05, 0.1) is 0 Å². The van der Waals surface area contributed by atoms with E-state index in [-0.39, 0.29) is 0 Å². The molecule has 14 heavy (non-hydrogen) atoms. The summed E-state index contributed by atoms with van der Waals surface area (Å²) in [7, 11) is 0. The standard InChI is InChI=1S/C12H25NO/c1-3-8-13-11(2)4-5-12-6-9-14-10-7-12/h11-13H,3-10H2,1-2H3. The number of rotatable bonds is 6. The lowest BCUT2D eigenvalue weighted by atomic mass is 9.93. The Hall–Kier alpha value is -0.0800. The summed E-state index contributed by atoms with van der Waals surface area (Å²) in [5.41, 5.74) is 0. The summed E-state index contributed by atoms with van der Waals surface area (Å²) in [5, 5.41) is 3.54. The molecule has 1 heterocycles. The van der Waals surface area contributed by atoms with Gasteiger partial charge in [-0.2, -0.15) is 0 Å². The molecule has 0 saturated carbocycles. The van der Waals surface area contributed by atoms with Gasteiger partial charge in [-0.3, -0.25) is 0 Å². The van der Waals surface area contributed by atoms with Crippen LogP contribution in [0.15, 0.2) is 0 Å². The highest BCUT2D eigenvalue weighted by Gasteiger charge is 2.14. The fourth-order valence-electron chi connectivity index (χ4n) is 2.01. The van der Waals surface area contributed by atoms with Crippen molar-refractivity contribution in [3.05, 3.63) is 0 Å². The van der Waals surface area contributed by atoms with Crippen molar-refractivity contribution >= 4 is 0 Å². The Balaban J connectivity index is 2.00. The molecule has 1 atom stereocenters. The predicted molar refractivity (Wildman–Crippen MR) is 60.5 cm³/mol. The highest BCUT2D eigenvalue weighted by atomic mass is 16.5. The minimum absolute atomic E-state index is 0.692. The highest BCUT2D eigenvalue weighted by Crippen LogP contribution is 2.20. The third-order valence-corrected chi connectivity index (χ3v) is 3.09. The van der Waals surface area contributed by atoms with Gasteiger partial charge in [0.15, 0.2) is 0 Å². The van der Waals surface area contributed by atoms with Crippen molar-refractivity contribution in [1.29, 1.82) is 0 Å². The Morgan fingerprint density at radius 3 is 2.71 bits per heavy atom. The Labute approximate surface area is 88.4 Å². The third kappa shape index (κ3) is 4.97. The van der Waals surface area contributed by atoms with Gasteiger partial charge in [0.25, 0.3) is 0 Å². The summed E-state index contributed by atoms with van der Waals surface area (Å²) in [6, 6.07) is 0.692. The SMILES string of the molecule is CCCNC(C)CCC1CCOCC1. The third-order valence-electron chi connectivity index (χ3n) is 3.09. The van der Waals surface area contributed by atoms with Gasteiger partial charge in [0.2, 0.25) is 0 Å². The van der Waals surface area contributed by atoms with Crippen LogP contribution in [-0.2, 0) is 4.74 Å². The van der Waals surface area contributed by atoms with Crippen molar-refractivity contribution in [2.24, 2.45) is 5.92 Å². The normalized spacial score (nSPS) is 21.0. The monoisotopic (exact) mass is 199 g/mol. The van der Waals surface area contributed by atoms with Crippen LogP contribution in [0.4, 0.5) is 0 Å². The van der Waals surface area contributed by atoms with Crippen LogP contribution in [0.2, 0.25) is 0 Å². The molecule has 0 amide bonds. The van der Waals surface area contributed by atoms with Crippen molar-refractivity contribution < 1.29 is 4.74 Å². The van der Waals surface area contributed by atoms with Crippen LogP contribution in [-0.4, -0.2) is 25.8 Å². The van der Waals surface area contributed by atoms with Crippen molar-refractivity contribution in [3.8, 4) is 0 Å². The van der Waals surface area contributed by atoms with Crippen LogP contribution in [0, 0.1) is 5.92 Å². The van der Waals surface area contributed by atoms with E-state index < -0.39 is 0 Å².